The molecule has 0 amide bonds. The molecule has 0 radical (unpaired) electrons. The number of anilines is 2. The molecule has 3 N–H and O–H groups in total. The second-order valence-electron chi connectivity index (χ2n) is 3.60. The van der Waals surface area contributed by atoms with E-state index in [0.717, 1.165) is 4.47 Å². The summed E-state index contributed by atoms with van der Waals surface area (Å²) >= 11 is 3.23. The van der Waals surface area contributed by atoms with Crippen molar-refractivity contribution >= 4 is 27.3 Å². The molecule has 2 nitrogen and oxygen atoms in total. The summed E-state index contributed by atoms with van der Waals surface area (Å²) in [5.74, 6) is 0. The van der Waals surface area contributed by atoms with Gasteiger partial charge in [0.05, 0.1) is 17.8 Å². The van der Waals surface area contributed by atoms with E-state index >= 15 is 0 Å². The number of nitrogens with one attached hydrogen (secondary N) is 1. The first kappa shape index (κ1) is 13.2. The monoisotopic (exact) mass is 296 g/mol. The van der Waals surface area contributed by atoms with Gasteiger partial charge in [0, 0.05) is 10.5 Å². The van der Waals surface area contributed by atoms with Gasteiger partial charge in [-0.05, 0) is 25.1 Å². The van der Waals surface area contributed by atoms with Gasteiger partial charge in [-0.2, -0.15) is 13.2 Å². The van der Waals surface area contributed by atoms with E-state index in [1.165, 1.54) is 6.92 Å². The molecule has 1 rings (SSSR count). The van der Waals surface area contributed by atoms with Crippen molar-refractivity contribution in [1.82, 2.24) is 0 Å². The van der Waals surface area contributed by atoms with Crippen LogP contribution in [-0.4, -0.2) is 12.2 Å². The molecule has 0 spiro atoms. The molecule has 1 aromatic carbocycles. The molecule has 0 aliphatic heterocycles. The lowest BCUT2D eigenvalue weighted by molar-refractivity contribution is -0.136. The standard InChI is InChI=1S/C10H12BrF3N2/c1-6(5-10(12,13)14)16-9-4-7(11)2-3-8(9)15/h2-4,6,16H,5,15H2,1H3. The molecule has 1 unspecified atom stereocenters. The van der Waals surface area contributed by atoms with Crippen LogP contribution in [0.3, 0.4) is 0 Å². The number of alkyl halides is 3. The van der Waals surface area contributed by atoms with Crippen LogP contribution in [0.2, 0.25) is 0 Å². The first-order valence-electron chi connectivity index (χ1n) is 4.66. The van der Waals surface area contributed by atoms with Crippen LogP contribution in [-0.2, 0) is 0 Å². The van der Waals surface area contributed by atoms with Crippen molar-refractivity contribution < 1.29 is 13.2 Å². The predicted octanol–water partition coefficient (Wildman–Crippen LogP) is 3.78. The fourth-order valence-electron chi connectivity index (χ4n) is 1.32. The zero-order valence-electron chi connectivity index (χ0n) is 8.61. The van der Waals surface area contributed by atoms with E-state index in [1.807, 2.05) is 0 Å². The molecule has 0 fully saturated rings. The Bertz CT molecular complexity index is 366. The molecule has 6 heteroatoms. The van der Waals surface area contributed by atoms with E-state index in [2.05, 4.69) is 21.2 Å². The van der Waals surface area contributed by atoms with Crippen molar-refractivity contribution in [3.8, 4) is 0 Å². The molecular weight excluding hydrogens is 285 g/mol. The molecule has 0 aliphatic carbocycles. The van der Waals surface area contributed by atoms with Gasteiger partial charge in [-0.25, -0.2) is 0 Å². The third-order valence-corrected chi connectivity index (χ3v) is 2.45. The van der Waals surface area contributed by atoms with Gasteiger partial charge in [0.15, 0.2) is 0 Å². The molecular formula is C10H12BrF3N2. The Morgan fingerprint density at radius 3 is 2.62 bits per heavy atom. The minimum atomic E-state index is -4.17. The Morgan fingerprint density at radius 2 is 2.06 bits per heavy atom. The number of benzene rings is 1. The van der Waals surface area contributed by atoms with Crippen LogP contribution in [0.4, 0.5) is 24.5 Å². The molecule has 0 saturated heterocycles. The Balaban J connectivity index is 2.69. The Morgan fingerprint density at radius 1 is 1.44 bits per heavy atom. The normalized spacial score (nSPS) is 13.6. The lowest BCUT2D eigenvalue weighted by Crippen LogP contribution is -2.24. The van der Waals surface area contributed by atoms with Gasteiger partial charge in [0.1, 0.15) is 0 Å². The molecule has 1 aromatic rings. The average molecular weight is 297 g/mol. The van der Waals surface area contributed by atoms with E-state index in [0.29, 0.717) is 11.4 Å². The molecule has 0 aromatic heterocycles. The van der Waals surface area contributed by atoms with Gasteiger partial charge >= 0.3 is 6.18 Å². The van der Waals surface area contributed by atoms with Gasteiger partial charge in [-0.1, -0.05) is 15.9 Å². The number of hydrogen-bond donors (Lipinski definition) is 2. The van der Waals surface area contributed by atoms with Gasteiger partial charge in [-0.15, -0.1) is 0 Å². The maximum atomic E-state index is 12.1. The molecule has 0 aliphatic rings. The second kappa shape index (κ2) is 4.95. The summed E-state index contributed by atoms with van der Waals surface area (Å²) in [5.41, 5.74) is 6.57. The number of rotatable bonds is 3. The fourth-order valence-corrected chi connectivity index (χ4v) is 1.68. The van der Waals surface area contributed by atoms with Crippen LogP contribution in [0.5, 0.6) is 0 Å². The number of nitrogens with two attached hydrogens (primary N) is 1. The summed E-state index contributed by atoms with van der Waals surface area (Å²) in [4.78, 5) is 0. The van der Waals surface area contributed by atoms with Crippen LogP contribution in [0.1, 0.15) is 13.3 Å². The largest absolute Gasteiger partial charge is 0.397 e. The maximum absolute atomic E-state index is 12.1. The zero-order valence-corrected chi connectivity index (χ0v) is 10.2. The topological polar surface area (TPSA) is 38.0 Å². The minimum Gasteiger partial charge on any atom is -0.397 e. The highest BCUT2D eigenvalue weighted by Gasteiger charge is 2.30. The van der Waals surface area contributed by atoms with Gasteiger partial charge in [0.2, 0.25) is 0 Å². The molecule has 0 heterocycles. The third kappa shape index (κ3) is 4.30. The van der Waals surface area contributed by atoms with Crippen LogP contribution in [0.15, 0.2) is 22.7 Å². The summed E-state index contributed by atoms with van der Waals surface area (Å²) in [7, 11) is 0. The van der Waals surface area contributed by atoms with E-state index in [-0.39, 0.29) is 0 Å². The summed E-state index contributed by atoms with van der Waals surface area (Å²) in [6.45, 7) is 1.47. The van der Waals surface area contributed by atoms with Gasteiger partial charge in [-0.3, -0.25) is 0 Å². The minimum absolute atomic E-state index is 0.428. The summed E-state index contributed by atoms with van der Waals surface area (Å²) < 4.78 is 37.1. The van der Waals surface area contributed by atoms with E-state index in [1.54, 1.807) is 18.2 Å². The summed E-state index contributed by atoms with van der Waals surface area (Å²) in [6, 6.07) is 4.31. The molecule has 1 atom stereocenters. The molecule has 90 valence electrons. The van der Waals surface area contributed by atoms with Gasteiger partial charge < -0.3 is 11.1 Å². The lowest BCUT2D eigenvalue weighted by atomic mass is 10.2. The Labute approximate surface area is 100 Å². The highest BCUT2D eigenvalue weighted by Crippen LogP contribution is 2.27. The smallest absolute Gasteiger partial charge is 0.391 e. The molecule has 16 heavy (non-hydrogen) atoms. The summed E-state index contributed by atoms with van der Waals surface area (Å²) in [6.07, 6.45) is -5.06. The van der Waals surface area contributed by atoms with Crippen LogP contribution in [0.25, 0.3) is 0 Å². The van der Waals surface area contributed by atoms with Crippen molar-refractivity contribution in [2.24, 2.45) is 0 Å². The van der Waals surface area contributed by atoms with Gasteiger partial charge in [0.25, 0.3) is 0 Å². The summed E-state index contributed by atoms with van der Waals surface area (Å²) in [5, 5.41) is 2.73. The predicted molar refractivity (Wildman–Crippen MR) is 62.3 cm³/mol. The van der Waals surface area contributed by atoms with Crippen molar-refractivity contribution in [2.75, 3.05) is 11.1 Å². The average Bonchev–Trinajstić information content (AvgIpc) is 2.08. The van der Waals surface area contributed by atoms with Crippen molar-refractivity contribution in [1.29, 1.82) is 0 Å². The van der Waals surface area contributed by atoms with Crippen LogP contribution < -0.4 is 11.1 Å². The number of hydrogen-bond acceptors (Lipinski definition) is 2. The fraction of sp³-hybridized carbons (Fsp3) is 0.400. The highest BCUT2D eigenvalue weighted by molar-refractivity contribution is 9.10. The highest BCUT2D eigenvalue weighted by atomic mass is 79.9. The third-order valence-electron chi connectivity index (χ3n) is 1.95. The SMILES string of the molecule is CC(CC(F)(F)F)Nc1cc(Br)ccc1N. The lowest BCUT2D eigenvalue weighted by Gasteiger charge is -2.18. The second-order valence-corrected chi connectivity index (χ2v) is 4.51. The van der Waals surface area contributed by atoms with E-state index in [4.69, 9.17) is 5.73 Å². The van der Waals surface area contributed by atoms with E-state index in [9.17, 15) is 13.2 Å². The number of nitrogen functional groups attached to an aromatic ring is 1. The number of halogens is 4. The first-order chi connectivity index (χ1) is 7.28. The molecule has 0 saturated carbocycles. The van der Waals surface area contributed by atoms with Crippen molar-refractivity contribution in [3.63, 3.8) is 0 Å². The Hall–Kier alpha value is -0.910. The van der Waals surface area contributed by atoms with Crippen molar-refractivity contribution in [2.45, 2.75) is 25.6 Å². The van der Waals surface area contributed by atoms with E-state index < -0.39 is 18.6 Å². The van der Waals surface area contributed by atoms with Crippen LogP contribution in [0, 0.1) is 0 Å². The van der Waals surface area contributed by atoms with Crippen LogP contribution >= 0.6 is 15.9 Å². The maximum Gasteiger partial charge on any atom is 0.391 e. The van der Waals surface area contributed by atoms with Crippen molar-refractivity contribution in [3.05, 3.63) is 22.7 Å². The quantitative estimate of drug-likeness (QED) is 0.833. The first-order valence-corrected chi connectivity index (χ1v) is 5.45. The molecule has 0 bridgehead atoms. The zero-order chi connectivity index (χ0) is 12.3. The Kier molecular flexibility index (Phi) is 4.07.